The average molecular weight is 245 g/mol. The SMILES string of the molecule is Cc1cc(C)c(NC2CCC(C)(C)CC2)c(C)c1. The van der Waals surface area contributed by atoms with Gasteiger partial charge in [0.05, 0.1) is 0 Å². The van der Waals surface area contributed by atoms with Crippen molar-refractivity contribution in [1.29, 1.82) is 0 Å². The second-order valence-electron chi connectivity index (χ2n) is 6.86. The van der Waals surface area contributed by atoms with Crippen molar-refractivity contribution in [2.45, 2.75) is 66.3 Å². The van der Waals surface area contributed by atoms with Crippen molar-refractivity contribution >= 4 is 5.69 Å². The highest BCUT2D eigenvalue weighted by molar-refractivity contribution is 5.58. The molecule has 2 rings (SSSR count). The van der Waals surface area contributed by atoms with Gasteiger partial charge < -0.3 is 5.32 Å². The maximum Gasteiger partial charge on any atom is 0.0401 e. The van der Waals surface area contributed by atoms with Crippen molar-refractivity contribution in [3.63, 3.8) is 0 Å². The molecule has 18 heavy (non-hydrogen) atoms. The van der Waals surface area contributed by atoms with Crippen LogP contribution in [0.15, 0.2) is 12.1 Å². The maximum absolute atomic E-state index is 3.78. The highest BCUT2D eigenvalue weighted by atomic mass is 14.9. The van der Waals surface area contributed by atoms with Crippen LogP contribution < -0.4 is 5.32 Å². The lowest BCUT2D eigenvalue weighted by Gasteiger charge is -2.35. The summed E-state index contributed by atoms with van der Waals surface area (Å²) < 4.78 is 0. The summed E-state index contributed by atoms with van der Waals surface area (Å²) in [6, 6.07) is 5.22. The first-order chi connectivity index (χ1) is 8.37. The fraction of sp³-hybridized carbons (Fsp3) is 0.647. The molecule has 0 heterocycles. The van der Waals surface area contributed by atoms with Crippen molar-refractivity contribution in [2.75, 3.05) is 5.32 Å². The summed E-state index contributed by atoms with van der Waals surface area (Å²) >= 11 is 0. The summed E-state index contributed by atoms with van der Waals surface area (Å²) in [5, 5.41) is 3.78. The van der Waals surface area contributed by atoms with Crippen molar-refractivity contribution in [2.24, 2.45) is 5.41 Å². The van der Waals surface area contributed by atoms with E-state index in [9.17, 15) is 0 Å². The predicted octanol–water partition coefficient (Wildman–Crippen LogP) is 4.99. The molecule has 1 N–H and O–H groups in total. The van der Waals surface area contributed by atoms with E-state index in [2.05, 4.69) is 52.1 Å². The zero-order valence-electron chi connectivity index (χ0n) is 12.6. The van der Waals surface area contributed by atoms with Crippen LogP contribution in [0.2, 0.25) is 0 Å². The van der Waals surface area contributed by atoms with Gasteiger partial charge in [0.2, 0.25) is 0 Å². The summed E-state index contributed by atoms with van der Waals surface area (Å²) in [7, 11) is 0. The molecule has 0 aliphatic heterocycles. The molecule has 0 unspecified atom stereocenters. The second kappa shape index (κ2) is 4.95. The zero-order chi connectivity index (χ0) is 13.3. The summed E-state index contributed by atoms with van der Waals surface area (Å²) in [6.07, 6.45) is 5.29. The first-order valence-corrected chi connectivity index (χ1v) is 7.22. The standard InChI is InChI=1S/C17H27N/c1-12-10-13(2)16(14(3)11-12)18-15-6-8-17(4,5)9-7-15/h10-11,15,18H,6-9H2,1-5H3. The number of nitrogens with one attached hydrogen (secondary N) is 1. The Morgan fingerprint density at radius 1 is 1.00 bits per heavy atom. The van der Waals surface area contributed by atoms with Crippen molar-refractivity contribution in [1.82, 2.24) is 0 Å². The molecule has 0 amide bonds. The maximum atomic E-state index is 3.78. The molecule has 100 valence electrons. The largest absolute Gasteiger partial charge is 0.382 e. The van der Waals surface area contributed by atoms with Gasteiger partial charge >= 0.3 is 0 Å². The summed E-state index contributed by atoms with van der Waals surface area (Å²) in [5.74, 6) is 0. The number of anilines is 1. The lowest BCUT2D eigenvalue weighted by atomic mass is 9.75. The number of hydrogen-bond acceptors (Lipinski definition) is 1. The fourth-order valence-electron chi connectivity index (χ4n) is 3.16. The topological polar surface area (TPSA) is 12.0 Å². The van der Waals surface area contributed by atoms with E-state index in [1.807, 2.05) is 0 Å². The predicted molar refractivity (Wildman–Crippen MR) is 80.3 cm³/mol. The smallest absolute Gasteiger partial charge is 0.0401 e. The molecule has 1 aromatic carbocycles. The van der Waals surface area contributed by atoms with Crippen molar-refractivity contribution in [3.8, 4) is 0 Å². The number of hydrogen-bond donors (Lipinski definition) is 1. The Hall–Kier alpha value is -0.980. The Labute approximate surface area is 112 Å². The molecular weight excluding hydrogens is 218 g/mol. The summed E-state index contributed by atoms with van der Waals surface area (Å²) in [6.45, 7) is 11.4. The van der Waals surface area contributed by atoms with Gasteiger partial charge in [-0.15, -0.1) is 0 Å². The minimum atomic E-state index is 0.551. The van der Waals surface area contributed by atoms with Crippen LogP contribution in [0, 0.1) is 26.2 Å². The van der Waals surface area contributed by atoms with Gasteiger partial charge in [0.15, 0.2) is 0 Å². The number of rotatable bonds is 2. The van der Waals surface area contributed by atoms with E-state index < -0.39 is 0 Å². The van der Waals surface area contributed by atoms with Gasteiger partial charge in [0.1, 0.15) is 0 Å². The van der Waals surface area contributed by atoms with Crippen LogP contribution in [-0.2, 0) is 0 Å². The molecule has 1 nitrogen and oxygen atoms in total. The first kappa shape index (κ1) is 13.5. The van der Waals surface area contributed by atoms with Crippen LogP contribution in [0.25, 0.3) is 0 Å². The van der Waals surface area contributed by atoms with E-state index in [-0.39, 0.29) is 0 Å². The molecule has 0 aromatic heterocycles. The summed E-state index contributed by atoms with van der Waals surface area (Å²) in [5.41, 5.74) is 6.05. The quantitative estimate of drug-likeness (QED) is 0.773. The van der Waals surface area contributed by atoms with Crippen LogP contribution in [0.3, 0.4) is 0 Å². The minimum absolute atomic E-state index is 0.551. The van der Waals surface area contributed by atoms with Crippen LogP contribution in [0.4, 0.5) is 5.69 Å². The van der Waals surface area contributed by atoms with Gasteiger partial charge in [-0.3, -0.25) is 0 Å². The molecule has 1 fully saturated rings. The van der Waals surface area contributed by atoms with E-state index in [4.69, 9.17) is 0 Å². The summed E-state index contributed by atoms with van der Waals surface area (Å²) in [4.78, 5) is 0. The highest BCUT2D eigenvalue weighted by Crippen LogP contribution is 2.36. The first-order valence-electron chi connectivity index (χ1n) is 7.22. The van der Waals surface area contributed by atoms with Crippen LogP contribution in [0.1, 0.15) is 56.2 Å². The fourth-order valence-corrected chi connectivity index (χ4v) is 3.16. The lowest BCUT2D eigenvalue weighted by molar-refractivity contribution is 0.232. The Morgan fingerprint density at radius 2 is 1.50 bits per heavy atom. The van der Waals surface area contributed by atoms with E-state index in [0.717, 1.165) is 0 Å². The van der Waals surface area contributed by atoms with Crippen LogP contribution in [0.5, 0.6) is 0 Å². The normalized spacial score (nSPS) is 19.8. The molecule has 0 radical (unpaired) electrons. The van der Waals surface area contributed by atoms with E-state index in [0.29, 0.717) is 11.5 Å². The molecule has 1 aliphatic carbocycles. The van der Waals surface area contributed by atoms with Gasteiger partial charge in [0, 0.05) is 11.7 Å². The van der Waals surface area contributed by atoms with Gasteiger partial charge in [-0.2, -0.15) is 0 Å². The Balaban J connectivity index is 2.07. The van der Waals surface area contributed by atoms with Crippen LogP contribution >= 0.6 is 0 Å². The molecule has 0 bridgehead atoms. The molecule has 1 heteroatoms. The third kappa shape index (κ3) is 3.07. The Kier molecular flexibility index (Phi) is 3.70. The average Bonchev–Trinajstić information content (AvgIpc) is 2.25. The van der Waals surface area contributed by atoms with Gasteiger partial charge in [0.25, 0.3) is 0 Å². The van der Waals surface area contributed by atoms with Gasteiger partial charge in [-0.1, -0.05) is 31.5 Å². The van der Waals surface area contributed by atoms with E-state index in [1.165, 1.54) is 48.1 Å². The van der Waals surface area contributed by atoms with E-state index in [1.54, 1.807) is 0 Å². The van der Waals surface area contributed by atoms with Crippen molar-refractivity contribution < 1.29 is 0 Å². The third-order valence-electron chi connectivity index (χ3n) is 4.36. The second-order valence-corrected chi connectivity index (χ2v) is 6.86. The third-order valence-corrected chi connectivity index (χ3v) is 4.36. The van der Waals surface area contributed by atoms with Gasteiger partial charge in [-0.05, 0) is 63.0 Å². The van der Waals surface area contributed by atoms with Crippen LogP contribution in [-0.4, -0.2) is 6.04 Å². The van der Waals surface area contributed by atoms with E-state index >= 15 is 0 Å². The minimum Gasteiger partial charge on any atom is -0.382 e. The molecule has 0 saturated heterocycles. The van der Waals surface area contributed by atoms with Gasteiger partial charge in [-0.25, -0.2) is 0 Å². The molecule has 1 saturated carbocycles. The monoisotopic (exact) mass is 245 g/mol. The Morgan fingerprint density at radius 3 is 2.00 bits per heavy atom. The highest BCUT2D eigenvalue weighted by Gasteiger charge is 2.26. The molecule has 0 spiro atoms. The zero-order valence-corrected chi connectivity index (χ0v) is 12.6. The molecule has 0 atom stereocenters. The molecule has 1 aliphatic rings. The molecule has 1 aromatic rings. The van der Waals surface area contributed by atoms with Crippen molar-refractivity contribution in [3.05, 3.63) is 28.8 Å². The lowest BCUT2D eigenvalue weighted by Crippen LogP contribution is -2.30. The molecular formula is C17H27N. The number of aryl methyl sites for hydroxylation is 3. The number of benzene rings is 1. The Bertz CT molecular complexity index is 398.